The molecule has 1 heterocycles. The van der Waals surface area contributed by atoms with Crippen molar-refractivity contribution in [3.63, 3.8) is 0 Å². The Bertz CT molecular complexity index is 404. The third-order valence-electron chi connectivity index (χ3n) is 2.98. The summed E-state index contributed by atoms with van der Waals surface area (Å²) in [6.45, 7) is 2.47. The van der Waals surface area contributed by atoms with Crippen LogP contribution in [0, 0.1) is 11.3 Å². The molecule has 90 valence electrons. The van der Waals surface area contributed by atoms with Crippen LogP contribution in [0.3, 0.4) is 0 Å². The maximum Gasteiger partial charge on any atom is 0.0931 e. The van der Waals surface area contributed by atoms with Gasteiger partial charge in [-0.3, -0.25) is 4.98 Å². The first-order valence-electron chi connectivity index (χ1n) is 6.00. The van der Waals surface area contributed by atoms with Gasteiger partial charge in [0.05, 0.1) is 36.2 Å². The Morgan fingerprint density at radius 1 is 1.59 bits per heavy atom. The smallest absolute Gasteiger partial charge is 0.0931 e. The lowest BCUT2D eigenvalue weighted by atomic mass is 10.2. The van der Waals surface area contributed by atoms with Gasteiger partial charge in [-0.2, -0.15) is 5.26 Å². The van der Waals surface area contributed by atoms with Gasteiger partial charge in [-0.1, -0.05) is 0 Å². The molecule has 1 fully saturated rings. The lowest BCUT2D eigenvalue weighted by Crippen LogP contribution is -2.26. The quantitative estimate of drug-likeness (QED) is 0.842. The van der Waals surface area contributed by atoms with Crippen molar-refractivity contribution in [3.8, 4) is 6.07 Å². The molecule has 1 atom stereocenters. The van der Waals surface area contributed by atoms with Crippen LogP contribution in [0.25, 0.3) is 0 Å². The van der Waals surface area contributed by atoms with Crippen LogP contribution >= 0.6 is 0 Å². The largest absolute Gasteiger partial charge is 0.387 e. The highest BCUT2D eigenvalue weighted by molar-refractivity contribution is 5.47. The Hall–Kier alpha value is -1.60. The molecule has 0 aliphatic heterocycles. The summed E-state index contributed by atoms with van der Waals surface area (Å²) in [5.74, 6) is 0. The first-order valence-corrected chi connectivity index (χ1v) is 6.00. The predicted octanol–water partition coefficient (Wildman–Crippen LogP) is 2.02. The fraction of sp³-hybridized carbons (Fsp3) is 0.538. The van der Waals surface area contributed by atoms with E-state index in [0.717, 1.165) is 12.2 Å². The summed E-state index contributed by atoms with van der Waals surface area (Å²) in [4.78, 5) is 6.48. The van der Waals surface area contributed by atoms with Crippen molar-refractivity contribution in [2.24, 2.45) is 0 Å². The number of rotatable bonds is 5. The Morgan fingerprint density at radius 2 is 2.35 bits per heavy atom. The lowest BCUT2D eigenvalue weighted by Gasteiger charge is -2.23. The van der Waals surface area contributed by atoms with Crippen molar-refractivity contribution in [1.82, 2.24) is 4.98 Å². The summed E-state index contributed by atoms with van der Waals surface area (Å²) in [6, 6.07) is 6.58. The van der Waals surface area contributed by atoms with Crippen LogP contribution < -0.4 is 4.90 Å². The number of aromatic nitrogens is 1. The highest BCUT2D eigenvalue weighted by Gasteiger charge is 2.29. The fourth-order valence-electron chi connectivity index (χ4n) is 1.89. The third-order valence-corrected chi connectivity index (χ3v) is 2.98. The molecule has 1 saturated carbocycles. The van der Waals surface area contributed by atoms with Gasteiger partial charge in [0, 0.05) is 12.6 Å². The van der Waals surface area contributed by atoms with E-state index in [1.165, 1.54) is 12.8 Å². The second-order valence-corrected chi connectivity index (χ2v) is 4.45. The van der Waals surface area contributed by atoms with E-state index in [9.17, 15) is 5.11 Å². The minimum Gasteiger partial charge on any atom is -0.387 e. The molecular weight excluding hydrogens is 214 g/mol. The average molecular weight is 231 g/mol. The van der Waals surface area contributed by atoms with E-state index in [4.69, 9.17) is 5.26 Å². The van der Waals surface area contributed by atoms with Gasteiger partial charge in [-0.05, 0) is 31.9 Å². The number of nitriles is 1. The summed E-state index contributed by atoms with van der Waals surface area (Å²) in [7, 11) is 0. The SMILES string of the molecule is C[C@H](O)c1ccc(N(CCC#N)C2CC2)cn1. The molecule has 1 aromatic heterocycles. The van der Waals surface area contributed by atoms with E-state index < -0.39 is 6.10 Å². The topological polar surface area (TPSA) is 60.1 Å². The maximum absolute atomic E-state index is 9.40. The molecule has 17 heavy (non-hydrogen) atoms. The van der Waals surface area contributed by atoms with Crippen LogP contribution in [-0.2, 0) is 0 Å². The summed E-state index contributed by atoms with van der Waals surface area (Å²) in [6.07, 6.45) is 4.19. The second-order valence-electron chi connectivity index (χ2n) is 4.45. The van der Waals surface area contributed by atoms with Crippen LogP contribution in [-0.4, -0.2) is 22.7 Å². The lowest BCUT2D eigenvalue weighted by molar-refractivity contribution is 0.194. The van der Waals surface area contributed by atoms with Crippen molar-refractivity contribution >= 4 is 5.69 Å². The van der Waals surface area contributed by atoms with E-state index in [2.05, 4.69) is 16.0 Å². The highest BCUT2D eigenvalue weighted by atomic mass is 16.3. The number of aliphatic hydroxyl groups is 1. The van der Waals surface area contributed by atoms with Gasteiger partial charge >= 0.3 is 0 Å². The molecule has 0 bridgehead atoms. The number of hydrogen-bond donors (Lipinski definition) is 1. The molecular formula is C13H17N3O. The summed E-state index contributed by atoms with van der Waals surface area (Å²) in [5.41, 5.74) is 1.73. The molecule has 0 unspecified atom stereocenters. The molecule has 1 aliphatic carbocycles. The molecule has 4 nitrogen and oxygen atoms in total. The molecule has 2 rings (SSSR count). The first kappa shape index (κ1) is 11.9. The predicted molar refractivity (Wildman–Crippen MR) is 65.5 cm³/mol. The Labute approximate surface area is 102 Å². The van der Waals surface area contributed by atoms with Gasteiger partial charge < -0.3 is 10.0 Å². The van der Waals surface area contributed by atoms with Crippen LogP contribution in [0.1, 0.15) is 38.0 Å². The zero-order valence-corrected chi connectivity index (χ0v) is 10.0. The van der Waals surface area contributed by atoms with Gasteiger partial charge in [0.15, 0.2) is 0 Å². The molecule has 4 heteroatoms. The van der Waals surface area contributed by atoms with Gasteiger partial charge in [-0.25, -0.2) is 0 Å². The zero-order chi connectivity index (χ0) is 12.3. The molecule has 1 aromatic rings. The highest BCUT2D eigenvalue weighted by Crippen LogP contribution is 2.31. The van der Waals surface area contributed by atoms with Crippen LogP contribution in [0.2, 0.25) is 0 Å². The van der Waals surface area contributed by atoms with Crippen molar-refractivity contribution in [2.45, 2.75) is 38.3 Å². The standard InChI is InChI=1S/C13H17N3O/c1-10(17)13-6-5-12(9-15-13)16(8-2-7-14)11-3-4-11/h5-6,9-11,17H,2-4,8H2,1H3/t10-/m0/s1. The van der Waals surface area contributed by atoms with Crippen molar-refractivity contribution in [3.05, 3.63) is 24.0 Å². The molecule has 1 N–H and O–H groups in total. The maximum atomic E-state index is 9.40. The van der Waals surface area contributed by atoms with Crippen molar-refractivity contribution in [1.29, 1.82) is 5.26 Å². The van der Waals surface area contributed by atoms with Gasteiger partial charge in [0.25, 0.3) is 0 Å². The minimum absolute atomic E-state index is 0.530. The third kappa shape index (κ3) is 2.95. The fourth-order valence-corrected chi connectivity index (χ4v) is 1.89. The molecule has 0 aromatic carbocycles. The van der Waals surface area contributed by atoms with Gasteiger partial charge in [0.1, 0.15) is 0 Å². The number of aliphatic hydroxyl groups excluding tert-OH is 1. The van der Waals surface area contributed by atoms with Crippen molar-refractivity contribution in [2.75, 3.05) is 11.4 Å². The van der Waals surface area contributed by atoms with Gasteiger partial charge in [0.2, 0.25) is 0 Å². The summed E-state index contributed by atoms with van der Waals surface area (Å²) >= 11 is 0. The minimum atomic E-state index is -0.530. The van der Waals surface area contributed by atoms with E-state index in [0.29, 0.717) is 18.2 Å². The molecule has 1 aliphatic rings. The van der Waals surface area contributed by atoms with E-state index in [-0.39, 0.29) is 0 Å². The Morgan fingerprint density at radius 3 is 2.82 bits per heavy atom. The summed E-state index contributed by atoms with van der Waals surface area (Å²) in [5, 5.41) is 18.1. The zero-order valence-electron chi connectivity index (χ0n) is 10.0. The van der Waals surface area contributed by atoms with E-state index >= 15 is 0 Å². The van der Waals surface area contributed by atoms with Crippen LogP contribution in [0.5, 0.6) is 0 Å². The van der Waals surface area contributed by atoms with Gasteiger partial charge in [-0.15, -0.1) is 0 Å². The summed E-state index contributed by atoms with van der Waals surface area (Å²) < 4.78 is 0. The molecule has 0 radical (unpaired) electrons. The Kier molecular flexibility index (Phi) is 3.60. The monoisotopic (exact) mass is 231 g/mol. The first-order chi connectivity index (χ1) is 8.22. The van der Waals surface area contributed by atoms with Crippen LogP contribution in [0.4, 0.5) is 5.69 Å². The van der Waals surface area contributed by atoms with Crippen molar-refractivity contribution < 1.29 is 5.11 Å². The molecule has 0 saturated heterocycles. The number of hydrogen-bond acceptors (Lipinski definition) is 4. The van der Waals surface area contributed by atoms with Crippen LogP contribution in [0.15, 0.2) is 18.3 Å². The normalized spacial score (nSPS) is 16.3. The average Bonchev–Trinajstić information content (AvgIpc) is 3.14. The van der Waals surface area contributed by atoms with E-state index in [1.807, 2.05) is 12.1 Å². The van der Waals surface area contributed by atoms with E-state index in [1.54, 1.807) is 13.1 Å². The Balaban J connectivity index is 2.10. The second kappa shape index (κ2) is 5.15. The number of pyridine rings is 1. The number of anilines is 1. The molecule has 0 spiro atoms. The number of nitrogens with zero attached hydrogens (tertiary/aromatic N) is 3. The molecule has 0 amide bonds.